The number of nitrogen functional groups attached to an aromatic ring is 1. The molecule has 14 heterocycles. The molecule has 113 heavy (non-hydrogen) atoms. The van der Waals surface area contributed by atoms with Gasteiger partial charge in [0.25, 0.3) is 0 Å². The summed E-state index contributed by atoms with van der Waals surface area (Å²) in [6.45, 7) is 59.2. The zero-order valence-electron chi connectivity index (χ0n) is 74.1. The second kappa shape index (κ2) is 56.8. The summed E-state index contributed by atoms with van der Waals surface area (Å²) in [6.07, 6.45) is 10.1. The number of thioether (sulfide) groups is 1. The van der Waals surface area contributed by atoms with Crippen LogP contribution in [0.1, 0.15) is 155 Å². The summed E-state index contributed by atoms with van der Waals surface area (Å²) in [4.78, 5) is 32.9. The summed E-state index contributed by atoms with van der Waals surface area (Å²) >= 11 is 28.5. The molecule has 2 aliphatic heterocycles. The number of H-pyrrole nitrogens is 1. The molecule has 23 heteroatoms. The predicted octanol–water partition coefficient (Wildman–Crippen LogP) is 31.2. The van der Waals surface area contributed by atoms with Crippen molar-refractivity contribution < 1.29 is 18.7 Å². The number of nitrogens with one attached hydrogen (secondary N) is 2. The number of furan rings is 1. The number of nitrogens with two attached hydrogens (primary N) is 1. The van der Waals surface area contributed by atoms with Gasteiger partial charge in [-0.1, -0.05) is 25.4 Å². The topological polar surface area (TPSA) is 106 Å². The number of thiophene rings is 10. The zero-order valence-corrected chi connectivity index (χ0v) is 85.4. The van der Waals surface area contributed by atoms with Gasteiger partial charge in [-0.05, 0) is 358 Å². The second-order valence-corrected chi connectivity index (χ2v) is 44.3. The minimum atomic E-state index is -0.0764. The number of rotatable bonds is 4. The van der Waals surface area contributed by atoms with Gasteiger partial charge in [0.2, 0.25) is 0 Å². The van der Waals surface area contributed by atoms with Gasteiger partial charge in [-0.2, -0.15) is 0 Å². The predicted molar refractivity (Wildman–Crippen MR) is 525 cm³/mol. The van der Waals surface area contributed by atoms with Gasteiger partial charge in [-0.3, -0.25) is 0 Å². The molecule has 0 aromatic carbocycles. The lowest BCUT2D eigenvalue weighted by molar-refractivity contribution is 0.230. The first-order chi connectivity index (χ1) is 52.8. The summed E-state index contributed by atoms with van der Waals surface area (Å²) in [5.74, 6) is 4.27. The second-order valence-electron chi connectivity index (χ2n) is 28.6. The zero-order chi connectivity index (χ0) is 86.1. The van der Waals surface area contributed by atoms with Crippen molar-refractivity contribution >= 4 is 170 Å². The van der Waals surface area contributed by atoms with Crippen LogP contribution in [0.15, 0.2) is 103 Å². The van der Waals surface area contributed by atoms with Crippen LogP contribution in [0, 0.1) is 184 Å². The summed E-state index contributed by atoms with van der Waals surface area (Å²) < 4.78 is 23.6. The fraction of sp³-hybridized carbons (Fsp3) is 0.467. The molecular formula is C90H135BrClFN6O3S11. The van der Waals surface area contributed by atoms with Crippen LogP contribution in [0.5, 0.6) is 11.5 Å². The van der Waals surface area contributed by atoms with E-state index in [1.807, 2.05) is 145 Å². The van der Waals surface area contributed by atoms with Crippen LogP contribution in [-0.2, 0) is 0 Å². The molecule has 9 nitrogen and oxygen atoms in total. The molecule has 0 bridgehead atoms. The molecule has 1 unspecified atom stereocenters. The Bertz CT molecular complexity index is 4000. The number of aromatic nitrogens is 1. The molecule has 0 radical (unpaired) electrons. The van der Waals surface area contributed by atoms with Crippen LogP contribution in [0.4, 0.5) is 21.5 Å². The minimum absolute atomic E-state index is 0.0764. The maximum absolute atomic E-state index is 12.3. The first-order valence-corrected chi connectivity index (χ1v) is 48.5. The Balaban J connectivity index is 0.000000609. The number of hydrogen-bond acceptors (Lipinski definition) is 19. The number of aromatic hydroxyl groups is 1. The molecule has 2 aliphatic rings. The van der Waals surface area contributed by atoms with Crippen LogP contribution < -0.4 is 20.7 Å². The van der Waals surface area contributed by atoms with Crippen molar-refractivity contribution in [2.75, 3.05) is 90.7 Å². The molecule has 5 N–H and O–H groups in total. The summed E-state index contributed by atoms with van der Waals surface area (Å²) in [6, 6.07) is 20.1. The first-order valence-electron chi connectivity index (χ1n) is 37.7. The quantitative estimate of drug-likeness (QED) is 0.128. The van der Waals surface area contributed by atoms with Crippen LogP contribution in [-0.4, -0.2) is 94.7 Å². The van der Waals surface area contributed by atoms with E-state index in [0.29, 0.717) is 5.75 Å². The molecule has 0 saturated carbocycles. The summed E-state index contributed by atoms with van der Waals surface area (Å²) in [5, 5.41) is 19.4. The molecule has 630 valence electrons. The molecule has 12 aromatic heterocycles. The third-order valence-electron chi connectivity index (χ3n) is 16.9. The highest BCUT2D eigenvalue weighted by Crippen LogP contribution is 2.32. The van der Waals surface area contributed by atoms with Crippen LogP contribution in [0.25, 0.3) is 0 Å². The van der Waals surface area contributed by atoms with Crippen molar-refractivity contribution in [1.29, 1.82) is 0 Å². The van der Waals surface area contributed by atoms with Crippen molar-refractivity contribution in [2.45, 2.75) is 204 Å². The standard InChI is InChI=1S/C8H13NS.C7H11NS.C7H15N.C7H10OS.C7H10S2.C6H7BrS.C6H7ClS.C6H7FS.C6H9NS.C6H9N.C6H13N.C6H8OS.C6H8O.C6H8S/c1-6-5-10-7(2)8(6)9(3)4;1-5-4-9-6(2)7(5)8-3;1-7-3-5-8(2)6-4-7;2*1-5-4-7(8-3)6(2)9-5;3*1-4-3-6(7)5(2)8-4;1-4-3-8-5(2)6(4)7;1-5-3-6(2)7-4-5;1-6-3-4-7(2)5-6;1-4-3-6(7)5(2)8-4;1-5-3-6(2)7-4-5;1-5-3-4-6(2)7-5/h5H,1-4H3;4,8H,1-3H3;7H,3-6H2,1-2H3;2*4H,1-3H3;3*3H,1-2H3;3H,7H2,1-2H3;3-4,7H,1-2H3;6H,3-5H2,1-2H3;3,7H,1-2H3;2*3-4H,1-2H3. The molecule has 12 aromatic rings. The molecule has 0 spiro atoms. The third kappa shape index (κ3) is 45.3. The van der Waals surface area contributed by atoms with Crippen LogP contribution >= 0.6 is 153 Å². The fourth-order valence-corrected chi connectivity index (χ4v) is 21.3. The van der Waals surface area contributed by atoms with E-state index >= 15 is 0 Å². The van der Waals surface area contributed by atoms with E-state index in [1.54, 1.807) is 89.1 Å². The van der Waals surface area contributed by atoms with Crippen molar-refractivity contribution in [3.8, 4) is 11.5 Å². The van der Waals surface area contributed by atoms with Gasteiger partial charge in [-0.15, -0.1) is 125 Å². The van der Waals surface area contributed by atoms with E-state index in [1.165, 1.54) is 179 Å². The number of aryl methyl sites for hydroxylation is 24. The van der Waals surface area contributed by atoms with Gasteiger partial charge < -0.3 is 45.0 Å². The number of piperidine rings is 1. The van der Waals surface area contributed by atoms with Gasteiger partial charge >= 0.3 is 0 Å². The van der Waals surface area contributed by atoms with Gasteiger partial charge in [0, 0.05) is 138 Å². The number of likely N-dealkylation sites (tertiary alicyclic amines) is 2. The van der Waals surface area contributed by atoms with E-state index < -0.39 is 0 Å². The Hall–Kier alpha value is -4.47. The Morgan fingerprint density at radius 3 is 1.22 bits per heavy atom. The normalized spacial score (nSPS) is 12.4. The van der Waals surface area contributed by atoms with Crippen molar-refractivity contribution in [3.05, 3.63) is 227 Å². The number of nitrogens with zero attached hydrogens (tertiary/aromatic N) is 3. The number of anilines is 3. The lowest BCUT2D eigenvalue weighted by Crippen LogP contribution is -2.28. The Kier molecular flexibility index (Phi) is 53.6. The van der Waals surface area contributed by atoms with E-state index in [0.717, 1.165) is 48.7 Å². The molecule has 2 fully saturated rings. The minimum Gasteiger partial charge on any atom is -0.507 e. The van der Waals surface area contributed by atoms with Crippen molar-refractivity contribution in [2.24, 2.45) is 11.8 Å². The monoisotopic (exact) mass is 1830 g/mol. The Labute approximate surface area is 740 Å². The first kappa shape index (κ1) is 107. The third-order valence-corrected chi connectivity index (χ3v) is 29.3. The van der Waals surface area contributed by atoms with Crippen LogP contribution in [0.3, 0.4) is 0 Å². The SMILES string of the molecule is CC1CCN(C)C1.CC1CCN(C)CC1.CNc1c(C)csc1C.COc1cc(C)sc1C.CSc1cc(C)sc1C.Cc1c[nH]c(C)c1.Cc1cc(Br)c(C)s1.Cc1cc(Cl)c(C)s1.Cc1cc(F)c(C)s1.Cc1cc(O)c(C)s1.Cc1ccc(C)s1.Cc1coc(C)c1.Cc1csc(C)c1N.Cc1csc(C)c1N(C)C. The summed E-state index contributed by atoms with van der Waals surface area (Å²) in [5.41, 5.74) is 16.9. The largest absolute Gasteiger partial charge is 0.507 e. The number of hydrogen-bond donors (Lipinski definition) is 4. The maximum atomic E-state index is 12.3. The Morgan fingerprint density at radius 1 is 0.558 bits per heavy atom. The van der Waals surface area contributed by atoms with Gasteiger partial charge in [0.1, 0.15) is 23.1 Å². The number of aromatic amines is 1. The lowest BCUT2D eigenvalue weighted by Gasteiger charge is -2.26. The molecule has 0 aliphatic carbocycles. The number of ether oxygens (including phenoxy) is 1. The highest BCUT2D eigenvalue weighted by molar-refractivity contribution is 9.10. The van der Waals surface area contributed by atoms with Gasteiger partial charge in [0.05, 0.1) is 29.8 Å². The highest BCUT2D eigenvalue weighted by atomic mass is 79.9. The smallest absolute Gasteiger partial charge is 0.137 e. The van der Waals surface area contributed by atoms with E-state index in [-0.39, 0.29) is 5.82 Å². The van der Waals surface area contributed by atoms with Crippen molar-refractivity contribution in [3.63, 3.8) is 0 Å². The van der Waals surface area contributed by atoms with Crippen LogP contribution in [0.2, 0.25) is 5.02 Å². The molecular weight excluding hydrogens is 1700 g/mol. The van der Waals surface area contributed by atoms with Gasteiger partial charge in [-0.25, -0.2) is 4.39 Å². The Morgan fingerprint density at radius 2 is 1.04 bits per heavy atom. The van der Waals surface area contributed by atoms with Crippen molar-refractivity contribution in [1.82, 2.24) is 14.8 Å². The molecule has 0 amide bonds. The average molecular weight is 1840 g/mol. The lowest BCUT2D eigenvalue weighted by atomic mass is 10.00. The fourth-order valence-electron chi connectivity index (χ4n) is 10.9. The molecule has 1 atom stereocenters. The van der Waals surface area contributed by atoms with Gasteiger partial charge in [0.15, 0.2) is 0 Å². The van der Waals surface area contributed by atoms with E-state index in [9.17, 15) is 4.39 Å². The number of halogens is 3. The maximum Gasteiger partial charge on any atom is 0.137 e. The summed E-state index contributed by atoms with van der Waals surface area (Å²) in [7, 11) is 12.2. The molecule has 14 rings (SSSR count). The van der Waals surface area contributed by atoms with E-state index in [2.05, 4.69) is 239 Å². The molecule has 2 saturated heterocycles. The highest BCUT2D eigenvalue weighted by Gasteiger charge is 2.14. The average Bonchev–Trinajstić information content (AvgIpc) is 1.73. The van der Waals surface area contributed by atoms with E-state index in [4.69, 9.17) is 31.6 Å². The number of methoxy groups -OCH3 is 1.